The number of hydrogen-bond donors (Lipinski definition) is 1. The first-order valence-corrected chi connectivity index (χ1v) is 6.20. The number of nitrogens with one attached hydrogen (secondary N) is 1. The Balaban J connectivity index is 2.11. The van der Waals surface area contributed by atoms with E-state index in [9.17, 15) is 0 Å². The van der Waals surface area contributed by atoms with E-state index in [-0.39, 0.29) is 0 Å². The zero-order valence-electron chi connectivity index (χ0n) is 10.7. The normalized spacial score (nSPS) is 13.4. The molecule has 0 bridgehead atoms. The fraction of sp³-hybridized carbons (Fsp3) is 0.500. The van der Waals surface area contributed by atoms with Crippen molar-refractivity contribution in [3.8, 4) is 0 Å². The summed E-state index contributed by atoms with van der Waals surface area (Å²) in [7, 11) is 2.00. The Hall–Kier alpha value is -1.35. The Kier molecular flexibility index (Phi) is 3.79. The molecule has 1 aromatic carbocycles. The molecule has 3 heteroatoms. The van der Waals surface area contributed by atoms with Gasteiger partial charge in [0, 0.05) is 12.5 Å². The summed E-state index contributed by atoms with van der Waals surface area (Å²) in [5.41, 5.74) is 1.82. The van der Waals surface area contributed by atoms with Crippen LogP contribution in [0, 0.1) is 5.92 Å². The highest BCUT2D eigenvalue weighted by molar-refractivity contribution is 5.72. The lowest BCUT2D eigenvalue weighted by Gasteiger charge is -2.16. The number of hydrogen-bond acceptors (Lipinski definition) is 3. The summed E-state index contributed by atoms with van der Waals surface area (Å²) in [6.07, 6.45) is 1.98. The van der Waals surface area contributed by atoms with Gasteiger partial charge in [-0.2, -0.15) is 0 Å². The second-order valence-corrected chi connectivity index (χ2v) is 4.89. The van der Waals surface area contributed by atoms with Crippen LogP contribution in [0.4, 0.5) is 0 Å². The quantitative estimate of drug-likeness (QED) is 0.861. The molecule has 1 aromatic heterocycles. The lowest BCUT2D eigenvalue weighted by atomic mass is 10.0. The summed E-state index contributed by atoms with van der Waals surface area (Å²) in [5, 5.41) is 3.33. The number of rotatable bonds is 5. The highest BCUT2D eigenvalue weighted by atomic mass is 16.3. The van der Waals surface area contributed by atoms with E-state index in [0.29, 0.717) is 12.0 Å². The van der Waals surface area contributed by atoms with Gasteiger partial charge in [-0.15, -0.1) is 0 Å². The maximum atomic E-state index is 5.73. The molecule has 1 atom stereocenters. The van der Waals surface area contributed by atoms with Crippen LogP contribution in [0.1, 0.15) is 26.2 Å². The monoisotopic (exact) mass is 232 g/mol. The van der Waals surface area contributed by atoms with Gasteiger partial charge in [0.1, 0.15) is 5.52 Å². The van der Waals surface area contributed by atoms with Crippen LogP contribution in [0.15, 0.2) is 28.7 Å². The van der Waals surface area contributed by atoms with Crippen LogP contribution >= 0.6 is 0 Å². The summed E-state index contributed by atoms with van der Waals surface area (Å²) < 4.78 is 5.73. The van der Waals surface area contributed by atoms with Crippen molar-refractivity contribution in [2.45, 2.75) is 32.7 Å². The Morgan fingerprint density at radius 1 is 1.29 bits per heavy atom. The van der Waals surface area contributed by atoms with Crippen molar-refractivity contribution >= 4 is 11.1 Å². The smallest absolute Gasteiger partial charge is 0.197 e. The first-order valence-electron chi connectivity index (χ1n) is 6.20. The predicted octanol–water partition coefficient (Wildman–Crippen LogP) is 3.00. The first-order chi connectivity index (χ1) is 8.19. The first kappa shape index (κ1) is 12.1. The van der Waals surface area contributed by atoms with Crippen molar-refractivity contribution < 1.29 is 4.42 Å². The van der Waals surface area contributed by atoms with E-state index >= 15 is 0 Å². The molecule has 0 saturated carbocycles. The summed E-state index contributed by atoms with van der Waals surface area (Å²) in [4.78, 5) is 4.50. The molecule has 0 spiro atoms. The van der Waals surface area contributed by atoms with Gasteiger partial charge in [0.15, 0.2) is 11.5 Å². The molecule has 0 aliphatic heterocycles. The molecule has 2 aromatic rings. The lowest BCUT2D eigenvalue weighted by molar-refractivity contribution is 0.404. The minimum absolute atomic E-state index is 0.433. The maximum absolute atomic E-state index is 5.73. The van der Waals surface area contributed by atoms with Gasteiger partial charge in [-0.3, -0.25) is 0 Å². The van der Waals surface area contributed by atoms with E-state index in [1.165, 1.54) is 0 Å². The third kappa shape index (κ3) is 3.07. The van der Waals surface area contributed by atoms with Crippen LogP contribution in [0.5, 0.6) is 0 Å². The van der Waals surface area contributed by atoms with Gasteiger partial charge in [0.2, 0.25) is 0 Å². The summed E-state index contributed by atoms with van der Waals surface area (Å²) in [5.74, 6) is 1.50. The van der Waals surface area contributed by atoms with Gasteiger partial charge in [0.25, 0.3) is 0 Å². The summed E-state index contributed by atoms with van der Waals surface area (Å²) >= 11 is 0. The Morgan fingerprint density at radius 2 is 2.06 bits per heavy atom. The fourth-order valence-corrected chi connectivity index (χ4v) is 2.09. The van der Waals surface area contributed by atoms with Gasteiger partial charge in [-0.1, -0.05) is 26.0 Å². The molecule has 17 heavy (non-hydrogen) atoms. The zero-order valence-corrected chi connectivity index (χ0v) is 10.7. The van der Waals surface area contributed by atoms with Gasteiger partial charge in [-0.25, -0.2) is 4.98 Å². The predicted molar refractivity (Wildman–Crippen MR) is 70.0 cm³/mol. The molecule has 1 N–H and O–H groups in total. The number of benzene rings is 1. The van der Waals surface area contributed by atoms with E-state index in [4.69, 9.17) is 4.42 Å². The fourth-order valence-electron chi connectivity index (χ4n) is 2.09. The summed E-state index contributed by atoms with van der Waals surface area (Å²) in [6, 6.07) is 8.34. The van der Waals surface area contributed by atoms with Crippen molar-refractivity contribution in [2.75, 3.05) is 7.05 Å². The number of fused-ring (bicyclic) bond motifs is 1. The molecule has 0 aliphatic carbocycles. The molecule has 2 rings (SSSR count). The average molecular weight is 232 g/mol. The van der Waals surface area contributed by atoms with Gasteiger partial charge >= 0.3 is 0 Å². The number of likely N-dealkylation sites (N-methyl/N-ethyl adjacent to an activating group) is 1. The second kappa shape index (κ2) is 5.32. The molecule has 0 saturated heterocycles. The highest BCUT2D eigenvalue weighted by Gasteiger charge is 2.13. The molecule has 0 aliphatic rings. The Bertz CT molecular complexity index is 443. The highest BCUT2D eigenvalue weighted by Crippen LogP contribution is 2.17. The van der Waals surface area contributed by atoms with Crippen molar-refractivity contribution in [3.05, 3.63) is 30.2 Å². The second-order valence-electron chi connectivity index (χ2n) is 4.89. The molecule has 3 nitrogen and oxygen atoms in total. The molecular weight excluding hydrogens is 212 g/mol. The van der Waals surface area contributed by atoms with Crippen molar-refractivity contribution in [1.82, 2.24) is 10.3 Å². The van der Waals surface area contributed by atoms with Crippen LogP contribution in [0.25, 0.3) is 11.1 Å². The minimum atomic E-state index is 0.433. The minimum Gasteiger partial charge on any atom is -0.441 e. The SMILES string of the molecule is CNC(Cc1nc2ccccc2o1)CC(C)C. The van der Waals surface area contributed by atoms with Gasteiger partial charge in [-0.05, 0) is 31.5 Å². The van der Waals surface area contributed by atoms with Crippen LogP contribution in [0.2, 0.25) is 0 Å². The number of nitrogens with zero attached hydrogens (tertiary/aromatic N) is 1. The van der Waals surface area contributed by atoms with Crippen molar-refractivity contribution in [2.24, 2.45) is 5.92 Å². The molecule has 0 radical (unpaired) electrons. The molecule has 1 heterocycles. The largest absolute Gasteiger partial charge is 0.441 e. The Morgan fingerprint density at radius 3 is 2.71 bits per heavy atom. The van der Waals surface area contributed by atoms with Crippen LogP contribution in [0.3, 0.4) is 0 Å². The average Bonchev–Trinajstić information content (AvgIpc) is 2.69. The van der Waals surface area contributed by atoms with Crippen LogP contribution < -0.4 is 5.32 Å². The van der Waals surface area contributed by atoms with E-state index < -0.39 is 0 Å². The summed E-state index contributed by atoms with van der Waals surface area (Å²) in [6.45, 7) is 4.47. The van der Waals surface area contributed by atoms with Gasteiger partial charge < -0.3 is 9.73 Å². The van der Waals surface area contributed by atoms with E-state index in [0.717, 1.165) is 29.8 Å². The number of aromatic nitrogens is 1. The maximum Gasteiger partial charge on any atom is 0.197 e. The third-order valence-electron chi connectivity index (χ3n) is 2.92. The van der Waals surface area contributed by atoms with E-state index in [1.807, 2.05) is 31.3 Å². The topological polar surface area (TPSA) is 38.1 Å². The van der Waals surface area contributed by atoms with Gasteiger partial charge in [0.05, 0.1) is 0 Å². The van der Waals surface area contributed by atoms with E-state index in [1.54, 1.807) is 0 Å². The standard InChI is InChI=1S/C14H20N2O/c1-10(2)8-11(15-3)9-14-16-12-6-4-5-7-13(12)17-14/h4-7,10-11,15H,8-9H2,1-3H3. The van der Waals surface area contributed by atoms with E-state index in [2.05, 4.69) is 24.1 Å². The number of para-hydroxylation sites is 2. The zero-order chi connectivity index (χ0) is 12.3. The molecule has 1 unspecified atom stereocenters. The van der Waals surface area contributed by atoms with Crippen LogP contribution in [-0.4, -0.2) is 18.1 Å². The lowest BCUT2D eigenvalue weighted by Crippen LogP contribution is -2.29. The van der Waals surface area contributed by atoms with Crippen molar-refractivity contribution in [1.29, 1.82) is 0 Å². The molecule has 92 valence electrons. The molecular formula is C14H20N2O. The number of oxazole rings is 1. The molecule has 0 fully saturated rings. The third-order valence-corrected chi connectivity index (χ3v) is 2.92. The van der Waals surface area contributed by atoms with Crippen LogP contribution in [-0.2, 0) is 6.42 Å². The Labute approximate surface area is 102 Å². The van der Waals surface area contributed by atoms with Crippen molar-refractivity contribution in [3.63, 3.8) is 0 Å². The molecule has 0 amide bonds.